The minimum atomic E-state index is -0.471. The largest absolute Gasteiger partial charge is 0.319 e. The Kier molecular flexibility index (Phi) is 3.95. The Bertz CT molecular complexity index is 637. The quantitative estimate of drug-likeness (QED) is 0.593. The van der Waals surface area contributed by atoms with Gasteiger partial charge in [0.15, 0.2) is 0 Å². The van der Waals surface area contributed by atoms with Crippen molar-refractivity contribution >= 4 is 17.4 Å². The Morgan fingerprint density at radius 1 is 1.30 bits per heavy atom. The van der Waals surface area contributed by atoms with Crippen LogP contribution < -0.4 is 16.6 Å². The lowest BCUT2D eigenvalue weighted by Gasteiger charge is -2.10. The average Bonchev–Trinajstić information content (AvgIpc) is 2.42. The molecule has 0 spiro atoms. The van der Waals surface area contributed by atoms with Gasteiger partial charge in [-0.05, 0) is 37.6 Å². The fourth-order valence-corrected chi connectivity index (χ4v) is 1.85. The van der Waals surface area contributed by atoms with E-state index < -0.39 is 11.7 Å². The summed E-state index contributed by atoms with van der Waals surface area (Å²) >= 11 is 0. The zero-order chi connectivity index (χ0) is 14.7. The number of hydrogen-bond acceptors (Lipinski definition) is 4. The van der Waals surface area contributed by atoms with Gasteiger partial charge in [-0.2, -0.15) is 0 Å². The molecule has 0 saturated heterocycles. The minimum absolute atomic E-state index is 0.175. The second kappa shape index (κ2) is 5.66. The molecule has 6 heteroatoms. The molecule has 0 saturated carbocycles. The Hall–Kier alpha value is -2.47. The van der Waals surface area contributed by atoms with Gasteiger partial charge in [-0.25, -0.2) is 15.2 Å². The van der Waals surface area contributed by atoms with Gasteiger partial charge in [-0.1, -0.05) is 12.1 Å². The molecule has 0 atom stereocenters. The van der Waals surface area contributed by atoms with Crippen LogP contribution in [0.2, 0.25) is 0 Å². The van der Waals surface area contributed by atoms with Crippen molar-refractivity contribution in [2.24, 2.45) is 5.84 Å². The average molecular weight is 274 g/mol. The predicted octanol–water partition coefficient (Wildman–Crippen LogP) is 2.38. The summed E-state index contributed by atoms with van der Waals surface area (Å²) in [5.41, 5.74) is 4.20. The third kappa shape index (κ3) is 2.92. The molecule has 5 nitrogen and oxygen atoms in total. The molecule has 0 aliphatic rings. The lowest BCUT2D eigenvalue weighted by Crippen LogP contribution is -2.16. The molecule has 0 aliphatic carbocycles. The van der Waals surface area contributed by atoms with Crippen molar-refractivity contribution in [3.8, 4) is 0 Å². The van der Waals surface area contributed by atoms with E-state index >= 15 is 0 Å². The molecule has 1 amide bonds. The van der Waals surface area contributed by atoms with Gasteiger partial charge in [-0.15, -0.1) is 0 Å². The first kappa shape index (κ1) is 14.0. The number of carbonyl (C=O) groups is 1. The SMILES string of the molecule is Cc1cc(C(=O)Nc2c(C)cccc2F)cc(NN)n1. The number of rotatable bonds is 3. The van der Waals surface area contributed by atoms with Crippen LogP contribution in [0.1, 0.15) is 21.6 Å². The zero-order valence-corrected chi connectivity index (χ0v) is 11.2. The third-order valence-corrected chi connectivity index (χ3v) is 2.82. The summed E-state index contributed by atoms with van der Waals surface area (Å²) in [6.07, 6.45) is 0. The van der Waals surface area contributed by atoms with Gasteiger partial charge in [0.1, 0.15) is 11.6 Å². The Labute approximate surface area is 116 Å². The van der Waals surface area contributed by atoms with Gasteiger partial charge < -0.3 is 10.7 Å². The predicted molar refractivity (Wildman–Crippen MR) is 75.9 cm³/mol. The van der Waals surface area contributed by atoms with E-state index in [1.165, 1.54) is 12.1 Å². The number of amides is 1. The van der Waals surface area contributed by atoms with E-state index in [0.717, 1.165) is 0 Å². The second-order valence-corrected chi connectivity index (χ2v) is 4.41. The Balaban J connectivity index is 2.31. The molecule has 0 aliphatic heterocycles. The van der Waals surface area contributed by atoms with Crippen molar-refractivity contribution in [3.05, 3.63) is 53.0 Å². The number of hydrazine groups is 1. The highest BCUT2D eigenvalue weighted by molar-refractivity contribution is 6.05. The molecule has 0 radical (unpaired) electrons. The van der Waals surface area contributed by atoms with E-state index in [1.54, 1.807) is 32.0 Å². The van der Waals surface area contributed by atoms with Gasteiger partial charge in [0.05, 0.1) is 5.69 Å². The van der Waals surface area contributed by atoms with Crippen molar-refractivity contribution in [3.63, 3.8) is 0 Å². The summed E-state index contributed by atoms with van der Waals surface area (Å²) in [7, 11) is 0. The molecule has 104 valence electrons. The van der Waals surface area contributed by atoms with Crippen LogP contribution >= 0.6 is 0 Å². The molecule has 0 unspecified atom stereocenters. The van der Waals surface area contributed by atoms with Crippen LogP contribution in [0.3, 0.4) is 0 Å². The highest BCUT2D eigenvalue weighted by Gasteiger charge is 2.12. The van der Waals surface area contributed by atoms with Gasteiger partial charge in [-0.3, -0.25) is 4.79 Å². The normalized spacial score (nSPS) is 10.2. The van der Waals surface area contributed by atoms with Crippen LogP contribution in [0.5, 0.6) is 0 Å². The molecule has 1 aromatic carbocycles. The van der Waals surface area contributed by atoms with Crippen molar-refractivity contribution in [2.45, 2.75) is 13.8 Å². The van der Waals surface area contributed by atoms with Crippen LogP contribution in [0.4, 0.5) is 15.9 Å². The number of nitrogens with zero attached hydrogens (tertiary/aromatic N) is 1. The van der Waals surface area contributed by atoms with Crippen molar-refractivity contribution in [1.29, 1.82) is 0 Å². The Morgan fingerprint density at radius 2 is 2.05 bits per heavy atom. The molecular weight excluding hydrogens is 259 g/mol. The highest BCUT2D eigenvalue weighted by atomic mass is 19.1. The fraction of sp³-hybridized carbons (Fsp3) is 0.143. The summed E-state index contributed by atoms with van der Waals surface area (Å²) in [6, 6.07) is 7.72. The molecule has 4 N–H and O–H groups in total. The maximum atomic E-state index is 13.7. The van der Waals surface area contributed by atoms with E-state index in [9.17, 15) is 9.18 Å². The van der Waals surface area contributed by atoms with Crippen LogP contribution in [-0.2, 0) is 0 Å². The smallest absolute Gasteiger partial charge is 0.255 e. The molecule has 1 heterocycles. The number of aromatic nitrogens is 1. The maximum absolute atomic E-state index is 13.7. The fourth-order valence-electron chi connectivity index (χ4n) is 1.85. The number of nitrogens with two attached hydrogens (primary N) is 1. The van der Waals surface area contributed by atoms with Gasteiger partial charge in [0, 0.05) is 11.3 Å². The third-order valence-electron chi connectivity index (χ3n) is 2.82. The molecule has 1 aromatic heterocycles. The standard InChI is InChI=1S/C14H15FN4O/c1-8-4-3-5-11(15)13(8)18-14(20)10-6-9(2)17-12(7-10)19-16/h3-7H,16H2,1-2H3,(H,17,19)(H,18,20). The van der Waals surface area contributed by atoms with E-state index in [1.807, 2.05) is 0 Å². The molecule has 20 heavy (non-hydrogen) atoms. The highest BCUT2D eigenvalue weighted by Crippen LogP contribution is 2.20. The number of para-hydroxylation sites is 1. The van der Waals surface area contributed by atoms with E-state index in [-0.39, 0.29) is 5.69 Å². The first-order valence-electron chi connectivity index (χ1n) is 6.03. The Morgan fingerprint density at radius 3 is 2.70 bits per heavy atom. The number of nitrogen functional groups attached to an aromatic ring is 1. The number of carbonyl (C=O) groups excluding carboxylic acids is 1. The van der Waals surface area contributed by atoms with Crippen molar-refractivity contribution < 1.29 is 9.18 Å². The first-order chi connectivity index (χ1) is 9.51. The number of nitrogens with one attached hydrogen (secondary N) is 2. The lowest BCUT2D eigenvalue weighted by molar-refractivity contribution is 0.102. The first-order valence-corrected chi connectivity index (χ1v) is 6.03. The van der Waals surface area contributed by atoms with E-state index in [2.05, 4.69) is 15.7 Å². The van der Waals surface area contributed by atoms with E-state index in [0.29, 0.717) is 22.6 Å². The second-order valence-electron chi connectivity index (χ2n) is 4.41. The molecular formula is C14H15FN4O. The van der Waals surface area contributed by atoms with Gasteiger partial charge in [0.2, 0.25) is 0 Å². The maximum Gasteiger partial charge on any atom is 0.255 e. The zero-order valence-electron chi connectivity index (χ0n) is 11.2. The molecule has 0 fully saturated rings. The molecule has 2 rings (SSSR count). The van der Waals surface area contributed by atoms with Crippen molar-refractivity contribution in [2.75, 3.05) is 10.7 Å². The monoisotopic (exact) mass is 274 g/mol. The number of benzene rings is 1. The summed E-state index contributed by atoms with van der Waals surface area (Å²) in [5.74, 6) is 4.77. The summed E-state index contributed by atoms with van der Waals surface area (Å²) in [6.45, 7) is 3.47. The number of halogens is 1. The van der Waals surface area contributed by atoms with Gasteiger partial charge in [0.25, 0.3) is 5.91 Å². The van der Waals surface area contributed by atoms with Crippen LogP contribution in [0.15, 0.2) is 30.3 Å². The van der Waals surface area contributed by atoms with Gasteiger partial charge >= 0.3 is 0 Å². The number of pyridine rings is 1. The number of aryl methyl sites for hydroxylation is 2. The van der Waals surface area contributed by atoms with Crippen LogP contribution in [0.25, 0.3) is 0 Å². The van der Waals surface area contributed by atoms with E-state index in [4.69, 9.17) is 5.84 Å². The van der Waals surface area contributed by atoms with Crippen molar-refractivity contribution in [1.82, 2.24) is 4.98 Å². The summed E-state index contributed by atoms with van der Waals surface area (Å²) in [5, 5.41) is 2.56. The summed E-state index contributed by atoms with van der Waals surface area (Å²) < 4.78 is 13.7. The number of hydrogen-bond donors (Lipinski definition) is 3. The topological polar surface area (TPSA) is 80.0 Å². The minimum Gasteiger partial charge on any atom is -0.319 e. The molecule has 0 bridgehead atoms. The number of anilines is 2. The molecule has 2 aromatic rings. The van der Waals surface area contributed by atoms with Crippen LogP contribution in [0, 0.1) is 19.7 Å². The van der Waals surface area contributed by atoms with Crippen LogP contribution in [-0.4, -0.2) is 10.9 Å². The summed E-state index contributed by atoms with van der Waals surface area (Å²) in [4.78, 5) is 16.3. The lowest BCUT2D eigenvalue weighted by atomic mass is 10.1.